The molecule has 0 aliphatic carbocycles. The maximum Gasteiger partial charge on any atom is 0.165 e. The molecular weight excluding hydrogens is 194 g/mol. The normalized spacial score (nSPS) is 10.7. The van der Waals surface area contributed by atoms with Crippen LogP contribution in [0.5, 0.6) is 0 Å². The molecule has 2 aromatic heterocycles. The van der Waals surface area contributed by atoms with Crippen molar-refractivity contribution in [3.63, 3.8) is 0 Å². The van der Waals surface area contributed by atoms with E-state index >= 15 is 0 Å². The highest BCUT2D eigenvalue weighted by molar-refractivity contribution is 5.57. The highest BCUT2D eigenvalue weighted by Crippen LogP contribution is 2.21. The summed E-state index contributed by atoms with van der Waals surface area (Å²) in [6, 6.07) is 0. The molecule has 0 unspecified atom stereocenters. The Morgan fingerprint density at radius 3 is 3.00 bits per heavy atom. The molecule has 0 saturated heterocycles. The van der Waals surface area contributed by atoms with E-state index in [2.05, 4.69) is 22.5 Å². The van der Waals surface area contributed by atoms with Gasteiger partial charge in [-0.2, -0.15) is 0 Å². The smallest absolute Gasteiger partial charge is 0.165 e. The van der Waals surface area contributed by atoms with Crippen LogP contribution in [-0.2, 0) is 6.42 Å². The Hall–Kier alpha value is -1.65. The standard InChI is InChI=1S/C10H13N3O2/c1-2-3-4-5-9-10(12-13-15-9)8-6-11-14-7-8/h6-7H,2-5H2,1H3. The molecule has 2 rings (SSSR count). The lowest BCUT2D eigenvalue weighted by Gasteiger charge is -1.95. The molecule has 2 aromatic rings. The van der Waals surface area contributed by atoms with Crippen LogP contribution in [0.15, 0.2) is 21.5 Å². The Labute approximate surface area is 87.4 Å². The van der Waals surface area contributed by atoms with Crippen LogP contribution in [-0.4, -0.2) is 15.5 Å². The van der Waals surface area contributed by atoms with Crippen molar-refractivity contribution in [2.75, 3.05) is 0 Å². The monoisotopic (exact) mass is 207 g/mol. The molecule has 15 heavy (non-hydrogen) atoms. The van der Waals surface area contributed by atoms with Crippen molar-refractivity contribution in [2.24, 2.45) is 0 Å². The van der Waals surface area contributed by atoms with Crippen LogP contribution in [0.25, 0.3) is 11.3 Å². The van der Waals surface area contributed by atoms with Crippen LogP contribution in [0.1, 0.15) is 31.9 Å². The summed E-state index contributed by atoms with van der Waals surface area (Å²) in [5.74, 6) is 0.812. The summed E-state index contributed by atoms with van der Waals surface area (Å²) >= 11 is 0. The van der Waals surface area contributed by atoms with Gasteiger partial charge in [0.1, 0.15) is 12.0 Å². The number of nitrogens with zero attached hydrogens (tertiary/aromatic N) is 3. The first-order valence-electron chi connectivity index (χ1n) is 5.12. The van der Waals surface area contributed by atoms with Crippen molar-refractivity contribution >= 4 is 0 Å². The Morgan fingerprint density at radius 2 is 2.27 bits per heavy atom. The lowest BCUT2D eigenvalue weighted by molar-refractivity contribution is 0.359. The molecule has 0 aromatic carbocycles. The third-order valence-corrected chi connectivity index (χ3v) is 2.27. The summed E-state index contributed by atoms with van der Waals surface area (Å²) in [5.41, 5.74) is 1.56. The molecule has 2 heterocycles. The van der Waals surface area contributed by atoms with Crippen LogP contribution in [0.4, 0.5) is 0 Å². The summed E-state index contributed by atoms with van der Waals surface area (Å²) in [7, 11) is 0. The number of aromatic nitrogens is 3. The van der Waals surface area contributed by atoms with Crippen molar-refractivity contribution in [1.29, 1.82) is 0 Å². The zero-order chi connectivity index (χ0) is 10.5. The van der Waals surface area contributed by atoms with Gasteiger partial charge in [-0.25, -0.2) is 0 Å². The van der Waals surface area contributed by atoms with Gasteiger partial charge in [-0.1, -0.05) is 24.9 Å². The largest absolute Gasteiger partial charge is 0.364 e. The second kappa shape index (κ2) is 4.72. The van der Waals surface area contributed by atoms with Crippen LogP contribution >= 0.6 is 0 Å². The Morgan fingerprint density at radius 1 is 1.33 bits per heavy atom. The van der Waals surface area contributed by atoms with Crippen molar-refractivity contribution < 1.29 is 9.05 Å². The van der Waals surface area contributed by atoms with E-state index in [1.165, 1.54) is 12.8 Å². The molecule has 0 N–H and O–H groups in total. The molecule has 0 radical (unpaired) electrons. The van der Waals surface area contributed by atoms with Crippen LogP contribution < -0.4 is 0 Å². The van der Waals surface area contributed by atoms with Crippen molar-refractivity contribution in [3.05, 3.63) is 18.2 Å². The third-order valence-electron chi connectivity index (χ3n) is 2.27. The van der Waals surface area contributed by atoms with E-state index in [9.17, 15) is 0 Å². The van der Waals surface area contributed by atoms with E-state index in [1.807, 2.05) is 0 Å². The quantitative estimate of drug-likeness (QED) is 0.704. The van der Waals surface area contributed by atoms with Crippen LogP contribution in [0.2, 0.25) is 0 Å². The molecule has 0 spiro atoms. The van der Waals surface area contributed by atoms with E-state index < -0.39 is 0 Å². The van der Waals surface area contributed by atoms with Gasteiger partial charge in [0.2, 0.25) is 0 Å². The van der Waals surface area contributed by atoms with E-state index in [4.69, 9.17) is 9.05 Å². The Kier molecular flexibility index (Phi) is 3.11. The first-order chi connectivity index (χ1) is 7.42. The molecule has 80 valence electrons. The average molecular weight is 207 g/mol. The molecule has 0 bridgehead atoms. The fraction of sp³-hybridized carbons (Fsp3) is 0.500. The first kappa shape index (κ1) is 9.89. The van der Waals surface area contributed by atoms with Gasteiger partial charge in [0.25, 0.3) is 0 Å². The van der Waals surface area contributed by atoms with E-state index in [-0.39, 0.29) is 0 Å². The van der Waals surface area contributed by atoms with Gasteiger partial charge in [-0.05, 0) is 6.42 Å². The lowest BCUT2D eigenvalue weighted by atomic mass is 10.1. The number of rotatable bonds is 5. The highest BCUT2D eigenvalue weighted by Gasteiger charge is 2.13. The van der Waals surface area contributed by atoms with Gasteiger partial charge in [-0.3, -0.25) is 0 Å². The SMILES string of the molecule is CCCCCc1onnc1-c1cnoc1. The average Bonchev–Trinajstić information content (AvgIpc) is 2.87. The summed E-state index contributed by atoms with van der Waals surface area (Å²) in [5, 5.41) is 11.1. The molecule has 0 fully saturated rings. The maximum atomic E-state index is 5.10. The zero-order valence-electron chi connectivity index (χ0n) is 8.64. The Bertz CT molecular complexity index is 394. The third kappa shape index (κ3) is 2.23. The van der Waals surface area contributed by atoms with Crippen molar-refractivity contribution in [3.8, 4) is 11.3 Å². The fourth-order valence-corrected chi connectivity index (χ4v) is 1.45. The summed E-state index contributed by atoms with van der Waals surface area (Å²) in [4.78, 5) is 0. The van der Waals surface area contributed by atoms with Gasteiger partial charge in [0, 0.05) is 11.7 Å². The van der Waals surface area contributed by atoms with Crippen LogP contribution in [0.3, 0.4) is 0 Å². The molecule has 0 aliphatic heterocycles. The molecule has 0 aliphatic rings. The molecule has 0 amide bonds. The van der Waals surface area contributed by atoms with E-state index in [1.54, 1.807) is 12.5 Å². The maximum absolute atomic E-state index is 5.10. The van der Waals surface area contributed by atoms with E-state index in [0.717, 1.165) is 29.9 Å². The second-order valence-electron chi connectivity index (χ2n) is 3.41. The first-order valence-corrected chi connectivity index (χ1v) is 5.12. The summed E-state index contributed by atoms with van der Waals surface area (Å²) < 4.78 is 9.86. The van der Waals surface area contributed by atoms with Crippen molar-refractivity contribution in [2.45, 2.75) is 32.6 Å². The van der Waals surface area contributed by atoms with Crippen LogP contribution in [0, 0.1) is 0 Å². The molecular formula is C10H13N3O2. The fourth-order valence-electron chi connectivity index (χ4n) is 1.45. The van der Waals surface area contributed by atoms with Gasteiger partial charge in [0.05, 0.1) is 11.8 Å². The predicted octanol–water partition coefficient (Wildman–Crippen LogP) is 2.46. The predicted molar refractivity (Wildman–Crippen MR) is 53.0 cm³/mol. The lowest BCUT2D eigenvalue weighted by Crippen LogP contribution is -1.86. The van der Waals surface area contributed by atoms with Gasteiger partial charge in [-0.15, -0.1) is 5.10 Å². The summed E-state index contributed by atoms with van der Waals surface area (Å²) in [6.45, 7) is 2.17. The summed E-state index contributed by atoms with van der Waals surface area (Å²) in [6.07, 6.45) is 7.48. The highest BCUT2D eigenvalue weighted by atomic mass is 16.5. The minimum atomic E-state index is 0.743. The van der Waals surface area contributed by atoms with Gasteiger partial charge in [0.15, 0.2) is 5.76 Å². The number of hydrogen-bond donors (Lipinski definition) is 0. The van der Waals surface area contributed by atoms with Gasteiger partial charge >= 0.3 is 0 Å². The minimum Gasteiger partial charge on any atom is -0.364 e. The van der Waals surface area contributed by atoms with Crippen molar-refractivity contribution in [1.82, 2.24) is 15.5 Å². The number of unbranched alkanes of at least 4 members (excludes halogenated alkanes) is 2. The Balaban J connectivity index is 2.09. The molecule has 0 atom stereocenters. The minimum absolute atomic E-state index is 0.743. The number of hydrogen-bond acceptors (Lipinski definition) is 5. The topological polar surface area (TPSA) is 65.0 Å². The van der Waals surface area contributed by atoms with Gasteiger partial charge < -0.3 is 9.05 Å². The molecule has 0 saturated carbocycles. The molecule has 5 nitrogen and oxygen atoms in total. The molecule has 5 heteroatoms. The van der Waals surface area contributed by atoms with E-state index in [0.29, 0.717) is 0 Å². The second-order valence-corrected chi connectivity index (χ2v) is 3.41. The zero-order valence-corrected chi connectivity index (χ0v) is 8.64. The number of aryl methyl sites for hydroxylation is 1.